The monoisotopic (exact) mass is 425 g/mol. The molecule has 0 atom stereocenters. The van der Waals surface area contributed by atoms with Crippen molar-refractivity contribution in [2.24, 2.45) is 7.05 Å². The maximum Gasteiger partial charge on any atom is 0.127 e. The lowest BCUT2D eigenvalue weighted by molar-refractivity contribution is 0.469. The summed E-state index contributed by atoms with van der Waals surface area (Å²) in [5, 5.41) is 23.3. The van der Waals surface area contributed by atoms with Crippen molar-refractivity contribution in [1.29, 1.82) is 0 Å². The number of aryl methyl sites for hydroxylation is 1. The molecule has 3 N–H and O–H groups in total. The van der Waals surface area contributed by atoms with Crippen LogP contribution in [0, 0.1) is 5.82 Å². The van der Waals surface area contributed by atoms with Crippen molar-refractivity contribution in [3.05, 3.63) is 67.1 Å². The van der Waals surface area contributed by atoms with E-state index >= 15 is 0 Å². The van der Waals surface area contributed by atoms with E-state index in [0.29, 0.717) is 11.1 Å². The highest BCUT2D eigenvalue weighted by Gasteiger charge is 2.16. The first-order valence-electron chi connectivity index (χ1n) is 9.85. The maximum atomic E-state index is 13.9. The second-order valence-electron chi connectivity index (χ2n) is 7.62. The van der Waals surface area contributed by atoms with Gasteiger partial charge in [0, 0.05) is 47.4 Å². The maximum absolute atomic E-state index is 13.9. The van der Waals surface area contributed by atoms with Crippen molar-refractivity contribution in [3.63, 3.8) is 0 Å². The Morgan fingerprint density at radius 1 is 0.938 bits per heavy atom. The Hall–Kier alpha value is -4.53. The third-order valence-electron chi connectivity index (χ3n) is 5.44. The topological polar surface area (TPSA) is 108 Å². The van der Waals surface area contributed by atoms with Gasteiger partial charge in [-0.05, 0) is 29.8 Å². The summed E-state index contributed by atoms with van der Waals surface area (Å²) >= 11 is 0. The Labute approximate surface area is 180 Å². The zero-order valence-electron chi connectivity index (χ0n) is 16.8. The lowest BCUT2D eigenvalue weighted by Crippen LogP contribution is -1.85. The van der Waals surface area contributed by atoms with Crippen molar-refractivity contribution in [3.8, 4) is 39.5 Å². The Balaban J connectivity index is 1.51. The van der Waals surface area contributed by atoms with Crippen molar-refractivity contribution < 1.29 is 9.50 Å². The van der Waals surface area contributed by atoms with E-state index in [-0.39, 0.29) is 5.75 Å². The fourth-order valence-corrected chi connectivity index (χ4v) is 3.97. The zero-order valence-corrected chi connectivity index (χ0v) is 16.8. The number of pyridine rings is 2. The number of benzene rings is 1. The molecular formula is C23H16FN7O. The van der Waals surface area contributed by atoms with Gasteiger partial charge in [0.05, 0.1) is 41.0 Å². The fourth-order valence-electron chi connectivity index (χ4n) is 3.97. The summed E-state index contributed by atoms with van der Waals surface area (Å²) in [5.41, 5.74) is 6.05. The number of aromatic nitrogens is 7. The highest BCUT2D eigenvalue weighted by Crippen LogP contribution is 2.35. The summed E-state index contributed by atoms with van der Waals surface area (Å²) in [4.78, 5) is 12.1. The third-order valence-corrected chi connectivity index (χ3v) is 5.44. The van der Waals surface area contributed by atoms with Crippen LogP contribution in [-0.4, -0.2) is 40.0 Å². The minimum absolute atomic E-state index is 0.138. The van der Waals surface area contributed by atoms with E-state index in [1.165, 1.54) is 12.1 Å². The number of phenolic OH excluding ortho intramolecular Hbond substituents is 1. The van der Waals surface area contributed by atoms with Crippen LogP contribution in [-0.2, 0) is 7.05 Å². The molecule has 156 valence electrons. The largest absolute Gasteiger partial charge is 0.508 e. The Bertz CT molecular complexity index is 1610. The molecule has 0 radical (unpaired) electrons. The summed E-state index contributed by atoms with van der Waals surface area (Å²) < 4.78 is 15.6. The molecule has 0 bridgehead atoms. The van der Waals surface area contributed by atoms with Crippen molar-refractivity contribution in [1.82, 2.24) is 34.9 Å². The van der Waals surface area contributed by atoms with Gasteiger partial charge in [0.15, 0.2) is 0 Å². The number of H-pyrrole nitrogens is 2. The number of rotatable bonds is 3. The smallest absolute Gasteiger partial charge is 0.127 e. The van der Waals surface area contributed by atoms with Gasteiger partial charge in [-0.1, -0.05) is 0 Å². The molecule has 32 heavy (non-hydrogen) atoms. The lowest BCUT2D eigenvalue weighted by atomic mass is 10.0. The van der Waals surface area contributed by atoms with Gasteiger partial charge in [-0.3, -0.25) is 19.7 Å². The molecule has 1 aromatic carbocycles. The molecule has 5 aromatic heterocycles. The SMILES string of the molecule is Cn1cc(-c2cc3c(-c4cc5c(-c6cc(O)cc(F)c6)cncc5[nH]4)n[nH]c3cn2)cn1. The quantitative estimate of drug-likeness (QED) is 0.389. The third kappa shape index (κ3) is 2.90. The summed E-state index contributed by atoms with van der Waals surface area (Å²) in [5.74, 6) is -0.650. The Kier molecular flexibility index (Phi) is 3.85. The van der Waals surface area contributed by atoms with Crippen LogP contribution in [0.15, 0.2) is 61.3 Å². The molecule has 0 amide bonds. The average molecular weight is 425 g/mol. The molecule has 5 heterocycles. The van der Waals surface area contributed by atoms with Crippen LogP contribution >= 0.6 is 0 Å². The number of hydrogen-bond acceptors (Lipinski definition) is 5. The van der Waals surface area contributed by atoms with Gasteiger partial charge in [0.2, 0.25) is 0 Å². The molecule has 0 aliphatic carbocycles. The van der Waals surface area contributed by atoms with E-state index in [9.17, 15) is 9.50 Å². The lowest BCUT2D eigenvalue weighted by Gasteiger charge is -2.04. The number of fused-ring (bicyclic) bond motifs is 2. The molecule has 0 unspecified atom stereocenters. The minimum Gasteiger partial charge on any atom is -0.508 e. The number of hydrogen-bond donors (Lipinski definition) is 3. The van der Waals surface area contributed by atoms with Gasteiger partial charge in [0.25, 0.3) is 0 Å². The van der Waals surface area contributed by atoms with Crippen molar-refractivity contribution >= 4 is 21.8 Å². The predicted molar refractivity (Wildman–Crippen MR) is 118 cm³/mol. The molecule has 9 heteroatoms. The number of halogens is 1. The van der Waals surface area contributed by atoms with Crippen molar-refractivity contribution in [2.75, 3.05) is 0 Å². The van der Waals surface area contributed by atoms with E-state index in [4.69, 9.17) is 0 Å². The number of nitrogens with zero attached hydrogens (tertiary/aromatic N) is 5. The van der Waals surface area contributed by atoms with Gasteiger partial charge in [-0.2, -0.15) is 10.2 Å². The van der Waals surface area contributed by atoms with Crippen LogP contribution in [0.3, 0.4) is 0 Å². The van der Waals surface area contributed by atoms with E-state index in [1.54, 1.807) is 29.5 Å². The summed E-state index contributed by atoms with van der Waals surface area (Å²) in [6.45, 7) is 0. The van der Waals surface area contributed by atoms with Crippen LogP contribution < -0.4 is 0 Å². The van der Waals surface area contributed by atoms with Gasteiger partial charge in [-0.25, -0.2) is 4.39 Å². The van der Waals surface area contributed by atoms with E-state index in [2.05, 4.69) is 30.2 Å². The average Bonchev–Trinajstić information content (AvgIpc) is 3.49. The van der Waals surface area contributed by atoms with Crippen LogP contribution in [0.2, 0.25) is 0 Å². The van der Waals surface area contributed by atoms with E-state index in [0.717, 1.165) is 50.5 Å². The van der Waals surface area contributed by atoms with Gasteiger partial charge < -0.3 is 10.1 Å². The first-order valence-corrected chi connectivity index (χ1v) is 9.85. The molecule has 0 aliphatic heterocycles. The highest BCUT2D eigenvalue weighted by molar-refractivity contribution is 6.01. The van der Waals surface area contributed by atoms with Gasteiger partial charge in [0.1, 0.15) is 17.3 Å². The van der Waals surface area contributed by atoms with Gasteiger partial charge in [-0.15, -0.1) is 0 Å². The van der Waals surface area contributed by atoms with Crippen LogP contribution in [0.1, 0.15) is 0 Å². The van der Waals surface area contributed by atoms with Crippen LogP contribution in [0.4, 0.5) is 4.39 Å². The summed E-state index contributed by atoms with van der Waals surface area (Å²) in [6, 6.07) is 7.89. The zero-order chi connectivity index (χ0) is 21.8. The first-order chi connectivity index (χ1) is 15.5. The molecule has 6 aromatic rings. The predicted octanol–water partition coefficient (Wildman–Crippen LogP) is 4.41. The van der Waals surface area contributed by atoms with E-state index < -0.39 is 5.82 Å². The van der Waals surface area contributed by atoms with Crippen LogP contribution in [0.5, 0.6) is 5.75 Å². The second kappa shape index (κ2) is 6.74. The normalized spacial score (nSPS) is 11.6. The molecule has 8 nitrogen and oxygen atoms in total. The summed E-state index contributed by atoms with van der Waals surface area (Å²) in [7, 11) is 1.86. The molecule has 0 aliphatic rings. The minimum atomic E-state index is -0.513. The number of phenols is 1. The molecule has 0 saturated carbocycles. The molecule has 0 spiro atoms. The molecule has 6 rings (SSSR count). The summed E-state index contributed by atoms with van der Waals surface area (Å²) in [6.07, 6.45) is 8.78. The molecule has 0 fully saturated rings. The van der Waals surface area contributed by atoms with Crippen LogP contribution in [0.25, 0.3) is 55.6 Å². The number of aromatic amines is 2. The second-order valence-corrected chi connectivity index (χ2v) is 7.62. The fraction of sp³-hybridized carbons (Fsp3) is 0.0435. The standard InChI is InChI=1S/C23H16FN7O/c1-31-11-13(7-27-31)19-6-17-22(10-26-19)29-30-23(17)20-5-16-18(8-25-9-21(16)28-20)12-2-14(24)4-15(32)3-12/h2-11,28,32H,1H3,(H,29,30). The Morgan fingerprint density at radius 3 is 2.66 bits per heavy atom. The Morgan fingerprint density at radius 2 is 1.84 bits per heavy atom. The van der Waals surface area contributed by atoms with Gasteiger partial charge >= 0.3 is 0 Å². The molecular weight excluding hydrogens is 409 g/mol. The first kappa shape index (κ1) is 18.3. The number of nitrogens with one attached hydrogen (secondary N) is 2. The number of aromatic hydroxyl groups is 1. The van der Waals surface area contributed by atoms with Crippen molar-refractivity contribution in [2.45, 2.75) is 0 Å². The molecule has 0 saturated heterocycles. The highest BCUT2D eigenvalue weighted by atomic mass is 19.1. The van der Waals surface area contributed by atoms with E-state index in [1.807, 2.05) is 25.4 Å².